The zero-order valence-corrected chi connectivity index (χ0v) is 12.8. The van der Waals surface area contributed by atoms with Crippen LogP contribution in [-0.2, 0) is 4.79 Å². The van der Waals surface area contributed by atoms with E-state index in [-0.39, 0.29) is 11.9 Å². The normalized spacial score (nSPS) is 24.2. The number of carbonyl (C=O) groups is 1. The van der Waals surface area contributed by atoms with Gasteiger partial charge in [0.25, 0.3) is 0 Å². The van der Waals surface area contributed by atoms with E-state index in [0.29, 0.717) is 17.4 Å². The van der Waals surface area contributed by atoms with Gasteiger partial charge in [-0.05, 0) is 43.9 Å². The van der Waals surface area contributed by atoms with Crippen LogP contribution in [0, 0.1) is 11.3 Å². The molecular weight excluding hydrogens is 236 g/mol. The van der Waals surface area contributed by atoms with Crippen molar-refractivity contribution in [2.24, 2.45) is 11.3 Å². The highest BCUT2D eigenvalue weighted by atomic mass is 16.2. The smallest absolute Gasteiger partial charge is 0.237 e. The van der Waals surface area contributed by atoms with E-state index in [9.17, 15) is 4.79 Å². The lowest BCUT2D eigenvalue weighted by Gasteiger charge is -2.26. The van der Waals surface area contributed by atoms with Gasteiger partial charge in [-0.25, -0.2) is 0 Å². The van der Waals surface area contributed by atoms with Crippen molar-refractivity contribution >= 4 is 5.91 Å². The van der Waals surface area contributed by atoms with Crippen LogP contribution in [0.15, 0.2) is 0 Å². The maximum atomic E-state index is 12.1. The van der Waals surface area contributed by atoms with E-state index in [4.69, 9.17) is 0 Å². The molecule has 0 aromatic heterocycles. The van der Waals surface area contributed by atoms with Gasteiger partial charge in [0.2, 0.25) is 5.91 Å². The third kappa shape index (κ3) is 3.95. The molecule has 0 aromatic carbocycles. The molecule has 0 aliphatic heterocycles. The summed E-state index contributed by atoms with van der Waals surface area (Å²) in [6.45, 7) is 7.57. The van der Waals surface area contributed by atoms with Gasteiger partial charge in [0.15, 0.2) is 0 Å². The topological polar surface area (TPSA) is 41.1 Å². The molecule has 110 valence electrons. The molecule has 0 bridgehead atoms. The molecule has 3 heteroatoms. The Morgan fingerprint density at radius 2 is 1.79 bits per heavy atom. The van der Waals surface area contributed by atoms with Crippen LogP contribution >= 0.6 is 0 Å². The number of carbonyl (C=O) groups excluding carboxylic acids is 1. The van der Waals surface area contributed by atoms with Crippen molar-refractivity contribution in [2.75, 3.05) is 6.54 Å². The Hall–Kier alpha value is -0.570. The molecule has 3 nitrogen and oxygen atoms in total. The number of hydrogen-bond donors (Lipinski definition) is 2. The van der Waals surface area contributed by atoms with Crippen LogP contribution in [0.5, 0.6) is 0 Å². The van der Waals surface area contributed by atoms with E-state index in [1.54, 1.807) is 0 Å². The fourth-order valence-electron chi connectivity index (χ4n) is 3.14. The summed E-state index contributed by atoms with van der Waals surface area (Å²) in [7, 11) is 0. The van der Waals surface area contributed by atoms with E-state index < -0.39 is 0 Å². The van der Waals surface area contributed by atoms with Crippen molar-refractivity contribution in [2.45, 2.75) is 77.8 Å². The second kappa shape index (κ2) is 6.25. The summed E-state index contributed by atoms with van der Waals surface area (Å²) in [5, 5.41) is 6.65. The highest BCUT2D eigenvalue weighted by Crippen LogP contribution is 2.51. The van der Waals surface area contributed by atoms with Crippen LogP contribution in [0.4, 0.5) is 0 Å². The average molecular weight is 266 g/mol. The lowest BCUT2D eigenvalue weighted by Crippen LogP contribution is -2.48. The molecule has 1 atom stereocenters. The molecule has 0 aromatic rings. The zero-order chi connectivity index (χ0) is 13.9. The predicted molar refractivity (Wildman–Crippen MR) is 79.0 cm³/mol. The molecule has 19 heavy (non-hydrogen) atoms. The van der Waals surface area contributed by atoms with Crippen LogP contribution in [-0.4, -0.2) is 24.5 Å². The van der Waals surface area contributed by atoms with E-state index in [2.05, 4.69) is 24.5 Å². The molecule has 2 saturated carbocycles. The first-order valence-corrected chi connectivity index (χ1v) is 8.07. The molecule has 0 saturated heterocycles. The molecule has 0 radical (unpaired) electrons. The Morgan fingerprint density at radius 1 is 1.16 bits per heavy atom. The van der Waals surface area contributed by atoms with Gasteiger partial charge in [0, 0.05) is 12.6 Å². The Labute approximate surface area is 117 Å². The minimum atomic E-state index is -0.0573. The lowest BCUT2D eigenvalue weighted by molar-refractivity contribution is -0.123. The van der Waals surface area contributed by atoms with E-state index in [0.717, 1.165) is 19.4 Å². The molecule has 1 unspecified atom stereocenters. The van der Waals surface area contributed by atoms with Crippen LogP contribution in [0.25, 0.3) is 0 Å². The van der Waals surface area contributed by atoms with Crippen molar-refractivity contribution < 1.29 is 4.79 Å². The van der Waals surface area contributed by atoms with Gasteiger partial charge in [0.1, 0.15) is 0 Å². The maximum absolute atomic E-state index is 12.1. The second-order valence-corrected chi connectivity index (χ2v) is 6.96. The number of amides is 1. The summed E-state index contributed by atoms with van der Waals surface area (Å²) < 4.78 is 0. The van der Waals surface area contributed by atoms with Crippen LogP contribution < -0.4 is 10.6 Å². The monoisotopic (exact) mass is 266 g/mol. The Balaban J connectivity index is 1.70. The molecule has 2 N–H and O–H groups in total. The van der Waals surface area contributed by atoms with Crippen molar-refractivity contribution in [1.82, 2.24) is 10.6 Å². The van der Waals surface area contributed by atoms with Gasteiger partial charge in [0.05, 0.1) is 6.04 Å². The van der Waals surface area contributed by atoms with Crippen LogP contribution in [0.1, 0.15) is 65.7 Å². The van der Waals surface area contributed by atoms with Crippen LogP contribution in [0.2, 0.25) is 0 Å². The quantitative estimate of drug-likeness (QED) is 0.776. The van der Waals surface area contributed by atoms with E-state index >= 15 is 0 Å². The second-order valence-electron chi connectivity index (χ2n) is 6.96. The van der Waals surface area contributed by atoms with Gasteiger partial charge in [-0.2, -0.15) is 0 Å². The fraction of sp³-hybridized carbons (Fsp3) is 0.938. The highest BCUT2D eigenvalue weighted by Gasteiger charge is 2.45. The molecular formula is C16H30N2O. The first-order valence-electron chi connectivity index (χ1n) is 8.07. The van der Waals surface area contributed by atoms with Crippen molar-refractivity contribution in [1.29, 1.82) is 0 Å². The summed E-state index contributed by atoms with van der Waals surface area (Å²) >= 11 is 0. The van der Waals surface area contributed by atoms with Gasteiger partial charge < -0.3 is 10.6 Å². The van der Waals surface area contributed by atoms with Crippen LogP contribution in [0.3, 0.4) is 0 Å². The highest BCUT2D eigenvalue weighted by molar-refractivity contribution is 5.81. The largest absolute Gasteiger partial charge is 0.352 e. The average Bonchev–Trinajstić information content (AvgIpc) is 3.18. The SMILES string of the molecule is CC(NCC1(C(C)C)CC1)C(=O)NC1CCCCC1. The third-order valence-electron chi connectivity index (χ3n) is 5.22. The summed E-state index contributed by atoms with van der Waals surface area (Å²) in [6.07, 6.45) is 8.82. The predicted octanol–water partition coefficient (Wildman–Crippen LogP) is 2.85. The van der Waals surface area contributed by atoms with E-state index in [1.807, 2.05) is 6.92 Å². The first-order chi connectivity index (χ1) is 9.03. The maximum Gasteiger partial charge on any atom is 0.237 e. The Bertz CT molecular complexity index is 304. The molecule has 2 fully saturated rings. The molecule has 1 amide bonds. The first kappa shape index (κ1) is 14.8. The minimum absolute atomic E-state index is 0.0573. The number of nitrogens with one attached hydrogen (secondary N) is 2. The summed E-state index contributed by atoms with van der Waals surface area (Å²) in [5.74, 6) is 0.903. The molecule has 2 rings (SSSR count). The molecule has 2 aliphatic carbocycles. The van der Waals surface area contributed by atoms with Gasteiger partial charge in [-0.1, -0.05) is 33.1 Å². The zero-order valence-electron chi connectivity index (χ0n) is 12.8. The molecule has 0 spiro atoms. The Morgan fingerprint density at radius 3 is 2.32 bits per heavy atom. The lowest BCUT2D eigenvalue weighted by atomic mass is 9.92. The Kier molecular flexibility index (Phi) is 4.88. The van der Waals surface area contributed by atoms with Gasteiger partial charge >= 0.3 is 0 Å². The van der Waals surface area contributed by atoms with Crippen molar-refractivity contribution in [3.05, 3.63) is 0 Å². The summed E-state index contributed by atoms with van der Waals surface area (Å²) in [4.78, 5) is 12.1. The van der Waals surface area contributed by atoms with E-state index in [1.165, 1.54) is 32.1 Å². The van der Waals surface area contributed by atoms with Gasteiger partial charge in [-0.3, -0.25) is 4.79 Å². The minimum Gasteiger partial charge on any atom is -0.352 e. The standard InChI is InChI=1S/C16H30N2O/c1-12(2)16(9-10-16)11-17-13(3)15(19)18-14-7-5-4-6-8-14/h12-14,17H,4-11H2,1-3H3,(H,18,19). The van der Waals surface area contributed by atoms with Gasteiger partial charge in [-0.15, -0.1) is 0 Å². The summed E-state index contributed by atoms with van der Waals surface area (Å²) in [6, 6.07) is 0.364. The molecule has 2 aliphatic rings. The van der Waals surface area contributed by atoms with Crippen molar-refractivity contribution in [3.8, 4) is 0 Å². The third-order valence-corrected chi connectivity index (χ3v) is 5.22. The van der Waals surface area contributed by atoms with Crippen molar-refractivity contribution in [3.63, 3.8) is 0 Å². The number of rotatable bonds is 6. The number of hydrogen-bond acceptors (Lipinski definition) is 2. The fourth-order valence-corrected chi connectivity index (χ4v) is 3.14. The molecule has 0 heterocycles. The summed E-state index contributed by atoms with van der Waals surface area (Å²) in [5.41, 5.74) is 0.472.